The topological polar surface area (TPSA) is 71.2 Å². The van der Waals surface area contributed by atoms with Gasteiger partial charge in [-0.05, 0) is 37.3 Å². The average Bonchev–Trinajstić information content (AvgIpc) is 2.86. The van der Waals surface area contributed by atoms with Gasteiger partial charge in [-0.3, -0.25) is 4.79 Å². The van der Waals surface area contributed by atoms with Gasteiger partial charge < -0.3 is 10.3 Å². The van der Waals surface area contributed by atoms with Gasteiger partial charge in [0, 0.05) is 24.3 Å². The standard InChI is InChI=1S/C14H22N4O/c1-9(2)11-4-5-18(8-11)14(19)12-6-10(3)16-13(7-12)17-15/h6-7,9,11H,4-5,8,15H2,1-3H3,(H,16,17). The number of nitrogens with two attached hydrogens (primary N) is 1. The number of carbonyl (C=O) groups excluding carboxylic acids is 1. The number of pyridine rings is 1. The first-order valence-corrected chi connectivity index (χ1v) is 6.76. The summed E-state index contributed by atoms with van der Waals surface area (Å²) in [5.74, 6) is 7.20. The fourth-order valence-corrected chi connectivity index (χ4v) is 2.56. The number of nitrogens with one attached hydrogen (secondary N) is 1. The summed E-state index contributed by atoms with van der Waals surface area (Å²) in [6, 6.07) is 3.52. The summed E-state index contributed by atoms with van der Waals surface area (Å²) >= 11 is 0. The number of carbonyl (C=O) groups is 1. The van der Waals surface area contributed by atoms with Crippen molar-refractivity contribution in [2.75, 3.05) is 18.5 Å². The van der Waals surface area contributed by atoms with Gasteiger partial charge in [-0.2, -0.15) is 0 Å². The van der Waals surface area contributed by atoms with E-state index < -0.39 is 0 Å². The summed E-state index contributed by atoms with van der Waals surface area (Å²) in [4.78, 5) is 18.6. The first-order chi connectivity index (χ1) is 9.01. The number of hydrazine groups is 1. The number of rotatable bonds is 3. The number of anilines is 1. The summed E-state index contributed by atoms with van der Waals surface area (Å²) in [5.41, 5.74) is 3.95. The Hall–Kier alpha value is -1.62. The van der Waals surface area contributed by atoms with E-state index in [4.69, 9.17) is 5.84 Å². The van der Waals surface area contributed by atoms with Crippen molar-refractivity contribution in [3.05, 3.63) is 23.4 Å². The zero-order chi connectivity index (χ0) is 14.0. The summed E-state index contributed by atoms with van der Waals surface area (Å²) in [7, 11) is 0. The second kappa shape index (κ2) is 5.57. The number of nitrogens with zero attached hydrogens (tertiary/aromatic N) is 2. The molecule has 1 aromatic heterocycles. The molecule has 104 valence electrons. The summed E-state index contributed by atoms with van der Waals surface area (Å²) in [6.07, 6.45) is 1.09. The third-order valence-corrected chi connectivity index (χ3v) is 3.80. The Morgan fingerprint density at radius 1 is 1.53 bits per heavy atom. The van der Waals surface area contributed by atoms with E-state index in [9.17, 15) is 4.79 Å². The predicted molar refractivity (Wildman–Crippen MR) is 75.6 cm³/mol. The molecule has 5 heteroatoms. The molecular weight excluding hydrogens is 240 g/mol. The Morgan fingerprint density at radius 2 is 2.26 bits per heavy atom. The van der Waals surface area contributed by atoms with E-state index in [0.29, 0.717) is 23.2 Å². The molecule has 1 fully saturated rings. The predicted octanol–water partition coefficient (Wildman–Crippen LogP) is 1.79. The van der Waals surface area contributed by atoms with Crippen LogP contribution in [0.1, 0.15) is 36.3 Å². The van der Waals surface area contributed by atoms with Crippen LogP contribution in [0, 0.1) is 18.8 Å². The normalized spacial score (nSPS) is 19.0. The molecule has 0 bridgehead atoms. The Balaban J connectivity index is 2.14. The van der Waals surface area contributed by atoms with Crippen LogP contribution in [0.5, 0.6) is 0 Å². The number of aryl methyl sites for hydroxylation is 1. The fraction of sp³-hybridized carbons (Fsp3) is 0.571. The molecule has 0 aliphatic carbocycles. The van der Waals surface area contributed by atoms with Crippen LogP contribution in [0.15, 0.2) is 12.1 Å². The molecule has 0 radical (unpaired) electrons. The highest BCUT2D eigenvalue weighted by atomic mass is 16.2. The largest absolute Gasteiger partial charge is 0.338 e. The quantitative estimate of drug-likeness (QED) is 0.643. The molecule has 1 amide bonds. The minimum atomic E-state index is 0.0742. The van der Waals surface area contributed by atoms with Crippen molar-refractivity contribution in [3.8, 4) is 0 Å². The lowest BCUT2D eigenvalue weighted by atomic mass is 9.95. The van der Waals surface area contributed by atoms with Gasteiger partial charge in [-0.15, -0.1) is 0 Å². The number of aromatic nitrogens is 1. The number of likely N-dealkylation sites (tertiary alicyclic amines) is 1. The van der Waals surface area contributed by atoms with Crippen molar-refractivity contribution in [2.24, 2.45) is 17.7 Å². The maximum atomic E-state index is 12.5. The lowest BCUT2D eigenvalue weighted by Crippen LogP contribution is -2.29. The van der Waals surface area contributed by atoms with Crippen molar-refractivity contribution in [1.29, 1.82) is 0 Å². The maximum Gasteiger partial charge on any atom is 0.254 e. The zero-order valence-corrected chi connectivity index (χ0v) is 11.8. The van der Waals surface area contributed by atoms with Crippen LogP contribution in [0.3, 0.4) is 0 Å². The number of hydrogen-bond donors (Lipinski definition) is 2. The average molecular weight is 262 g/mol. The maximum absolute atomic E-state index is 12.5. The van der Waals surface area contributed by atoms with Crippen LogP contribution in [-0.2, 0) is 0 Å². The number of amides is 1. The SMILES string of the molecule is Cc1cc(C(=O)N2CCC(C(C)C)C2)cc(NN)n1. The summed E-state index contributed by atoms with van der Waals surface area (Å²) < 4.78 is 0. The third kappa shape index (κ3) is 3.04. The van der Waals surface area contributed by atoms with Crippen molar-refractivity contribution >= 4 is 11.7 Å². The first kappa shape index (κ1) is 13.8. The lowest BCUT2D eigenvalue weighted by Gasteiger charge is -2.18. The molecule has 0 saturated carbocycles. The minimum Gasteiger partial charge on any atom is -0.338 e. The summed E-state index contributed by atoms with van der Waals surface area (Å²) in [5, 5.41) is 0. The Labute approximate surface area is 114 Å². The molecule has 19 heavy (non-hydrogen) atoms. The fourth-order valence-electron chi connectivity index (χ4n) is 2.56. The smallest absolute Gasteiger partial charge is 0.254 e. The Morgan fingerprint density at radius 3 is 2.84 bits per heavy atom. The molecule has 1 unspecified atom stereocenters. The monoisotopic (exact) mass is 262 g/mol. The van der Waals surface area contributed by atoms with E-state index in [1.165, 1.54) is 0 Å². The van der Waals surface area contributed by atoms with Gasteiger partial charge in [0.2, 0.25) is 0 Å². The van der Waals surface area contributed by atoms with E-state index >= 15 is 0 Å². The van der Waals surface area contributed by atoms with E-state index in [2.05, 4.69) is 24.3 Å². The molecule has 1 aliphatic rings. The molecule has 1 aromatic rings. The molecule has 1 atom stereocenters. The molecule has 0 spiro atoms. The molecule has 5 nitrogen and oxygen atoms in total. The van der Waals surface area contributed by atoms with Gasteiger partial charge >= 0.3 is 0 Å². The van der Waals surface area contributed by atoms with Crippen LogP contribution in [0.25, 0.3) is 0 Å². The molecule has 2 heterocycles. The van der Waals surface area contributed by atoms with Crippen molar-refractivity contribution in [1.82, 2.24) is 9.88 Å². The number of hydrogen-bond acceptors (Lipinski definition) is 4. The van der Waals surface area contributed by atoms with E-state index in [0.717, 1.165) is 25.2 Å². The van der Waals surface area contributed by atoms with Gasteiger partial charge in [-0.1, -0.05) is 13.8 Å². The van der Waals surface area contributed by atoms with Crippen LogP contribution < -0.4 is 11.3 Å². The Kier molecular flexibility index (Phi) is 4.04. The van der Waals surface area contributed by atoms with E-state index in [1.54, 1.807) is 6.07 Å². The molecule has 0 aromatic carbocycles. The Bertz CT molecular complexity index is 473. The molecule has 1 saturated heterocycles. The van der Waals surface area contributed by atoms with Crippen molar-refractivity contribution in [2.45, 2.75) is 27.2 Å². The highest BCUT2D eigenvalue weighted by Crippen LogP contribution is 2.25. The highest BCUT2D eigenvalue weighted by molar-refractivity contribution is 5.95. The van der Waals surface area contributed by atoms with Crippen LogP contribution in [-0.4, -0.2) is 28.9 Å². The lowest BCUT2D eigenvalue weighted by molar-refractivity contribution is 0.0784. The third-order valence-electron chi connectivity index (χ3n) is 3.80. The van der Waals surface area contributed by atoms with E-state index in [1.807, 2.05) is 17.9 Å². The minimum absolute atomic E-state index is 0.0742. The van der Waals surface area contributed by atoms with Gasteiger partial charge in [0.25, 0.3) is 5.91 Å². The zero-order valence-electron chi connectivity index (χ0n) is 11.8. The second-order valence-corrected chi connectivity index (χ2v) is 5.57. The van der Waals surface area contributed by atoms with Crippen LogP contribution in [0.2, 0.25) is 0 Å². The van der Waals surface area contributed by atoms with Crippen molar-refractivity contribution < 1.29 is 4.79 Å². The van der Waals surface area contributed by atoms with Gasteiger partial charge in [0.1, 0.15) is 5.82 Å². The number of nitrogen functional groups attached to an aromatic ring is 1. The second-order valence-electron chi connectivity index (χ2n) is 5.57. The van der Waals surface area contributed by atoms with Gasteiger partial charge in [0.05, 0.1) is 0 Å². The van der Waals surface area contributed by atoms with Crippen molar-refractivity contribution in [3.63, 3.8) is 0 Å². The van der Waals surface area contributed by atoms with Crippen LogP contribution in [0.4, 0.5) is 5.82 Å². The first-order valence-electron chi connectivity index (χ1n) is 6.76. The molecule has 2 rings (SSSR count). The molecule has 1 aliphatic heterocycles. The van der Waals surface area contributed by atoms with Crippen LogP contribution >= 0.6 is 0 Å². The molecule has 3 N–H and O–H groups in total. The van der Waals surface area contributed by atoms with Gasteiger partial charge in [-0.25, -0.2) is 10.8 Å². The molecular formula is C14H22N4O. The summed E-state index contributed by atoms with van der Waals surface area (Å²) in [6.45, 7) is 7.98. The van der Waals surface area contributed by atoms with E-state index in [-0.39, 0.29) is 5.91 Å². The van der Waals surface area contributed by atoms with Gasteiger partial charge in [0.15, 0.2) is 0 Å². The highest BCUT2D eigenvalue weighted by Gasteiger charge is 2.28.